The van der Waals surface area contributed by atoms with Crippen molar-refractivity contribution in [3.05, 3.63) is 52.6 Å². The molecule has 0 aliphatic heterocycles. The van der Waals surface area contributed by atoms with Gasteiger partial charge in [0.25, 0.3) is 5.69 Å². The topological polar surface area (TPSA) is 65.3 Å². The Morgan fingerprint density at radius 3 is 2.53 bits per heavy atom. The molecule has 1 aromatic carbocycles. The van der Waals surface area contributed by atoms with Crippen molar-refractivity contribution in [2.24, 2.45) is 0 Å². The fourth-order valence-electron chi connectivity index (χ4n) is 1.46. The molecular weight excluding hydrogens is 220 g/mol. The summed E-state index contributed by atoms with van der Waals surface area (Å²) in [5.74, 6) is 0.234. The second-order valence-electron chi connectivity index (χ2n) is 3.38. The Labute approximate surface area is 97.8 Å². The maximum absolute atomic E-state index is 10.8. The number of hydrogen-bond donors (Lipinski definition) is 0. The Morgan fingerprint density at radius 2 is 1.94 bits per heavy atom. The number of aromatic nitrogens is 1. The van der Waals surface area contributed by atoms with Gasteiger partial charge in [-0.1, -0.05) is 30.3 Å². The quantitative estimate of drug-likeness (QED) is 0.600. The smallest absolute Gasteiger partial charge is 0.277 e. The zero-order valence-electron chi connectivity index (χ0n) is 9.16. The first-order chi connectivity index (χ1) is 8.20. The molecule has 17 heavy (non-hydrogen) atoms. The van der Waals surface area contributed by atoms with E-state index < -0.39 is 4.92 Å². The molecule has 0 fully saturated rings. The van der Waals surface area contributed by atoms with E-state index in [4.69, 9.17) is 4.74 Å². The van der Waals surface area contributed by atoms with Crippen LogP contribution < -0.4 is 4.74 Å². The third kappa shape index (κ3) is 2.39. The summed E-state index contributed by atoms with van der Waals surface area (Å²) in [5, 5.41) is 10.8. The predicted molar refractivity (Wildman–Crippen MR) is 62.9 cm³/mol. The summed E-state index contributed by atoms with van der Waals surface area (Å²) in [6.45, 7) is 0. The van der Waals surface area contributed by atoms with Crippen LogP contribution >= 0.6 is 0 Å². The lowest BCUT2D eigenvalue weighted by Gasteiger charge is -2.03. The van der Waals surface area contributed by atoms with Crippen molar-refractivity contribution >= 4 is 5.69 Å². The van der Waals surface area contributed by atoms with Gasteiger partial charge in [-0.15, -0.1) is 0 Å². The zero-order chi connectivity index (χ0) is 12.3. The lowest BCUT2D eigenvalue weighted by atomic mass is 10.1. The second-order valence-corrected chi connectivity index (χ2v) is 3.38. The standard InChI is InChI=1S/C12H10N2O3/c1-17-12-8-10(14(15)16)7-11(13-12)9-5-3-2-4-6-9/h2-8H,1H3. The highest BCUT2D eigenvalue weighted by Crippen LogP contribution is 2.25. The molecule has 1 heterocycles. The van der Waals surface area contributed by atoms with E-state index in [2.05, 4.69) is 4.98 Å². The Hall–Kier alpha value is -2.43. The minimum absolute atomic E-state index is 0.0318. The van der Waals surface area contributed by atoms with Gasteiger partial charge < -0.3 is 4.74 Å². The Morgan fingerprint density at radius 1 is 1.24 bits per heavy atom. The normalized spacial score (nSPS) is 9.94. The van der Waals surface area contributed by atoms with E-state index in [-0.39, 0.29) is 11.6 Å². The first kappa shape index (κ1) is 11.1. The van der Waals surface area contributed by atoms with Crippen LogP contribution in [0.15, 0.2) is 42.5 Å². The molecule has 0 amide bonds. The number of nitro groups is 1. The number of nitrogens with zero attached hydrogens (tertiary/aromatic N) is 2. The number of benzene rings is 1. The van der Waals surface area contributed by atoms with Crippen LogP contribution in [-0.2, 0) is 0 Å². The molecule has 1 aromatic heterocycles. The Balaban J connectivity index is 2.54. The monoisotopic (exact) mass is 230 g/mol. The molecule has 5 heteroatoms. The third-order valence-electron chi connectivity index (χ3n) is 2.28. The van der Waals surface area contributed by atoms with Crippen molar-refractivity contribution in [1.29, 1.82) is 0 Å². The number of pyridine rings is 1. The average Bonchev–Trinajstić information content (AvgIpc) is 2.39. The highest BCUT2D eigenvalue weighted by molar-refractivity contribution is 5.62. The number of rotatable bonds is 3. The first-order valence-electron chi connectivity index (χ1n) is 4.96. The Bertz CT molecular complexity index is 541. The lowest BCUT2D eigenvalue weighted by molar-refractivity contribution is -0.384. The molecule has 0 radical (unpaired) electrons. The molecule has 0 N–H and O–H groups in total. The molecule has 5 nitrogen and oxygen atoms in total. The summed E-state index contributed by atoms with van der Waals surface area (Å²) in [5.41, 5.74) is 1.31. The summed E-state index contributed by atoms with van der Waals surface area (Å²) in [7, 11) is 1.43. The first-order valence-corrected chi connectivity index (χ1v) is 4.96. The molecule has 0 saturated carbocycles. The molecule has 2 aromatic rings. The molecule has 2 rings (SSSR count). The summed E-state index contributed by atoms with van der Waals surface area (Å²) < 4.78 is 4.95. The van der Waals surface area contributed by atoms with Gasteiger partial charge in [-0.2, -0.15) is 0 Å². The van der Waals surface area contributed by atoms with Gasteiger partial charge in [0.1, 0.15) is 0 Å². The van der Waals surface area contributed by atoms with E-state index in [1.54, 1.807) is 0 Å². The number of ether oxygens (including phenoxy) is 1. The average molecular weight is 230 g/mol. The minimum Gasteiger partial charge on any atom is -0.481 e. The molecule has 0 bridgehead atoms. The van der Waals surface area contributed by atoms with Crippen LogP contribution in [0, 0.1) is 10.1 Å². The van der Waals surface area contributed by atoms with E-state index >= 15 is 0 Å². The summed E-state index contributed by atoms with van der Waals surface area (Å²) >= 11 is 0. The second kappa shape index (κ2) is 4.61. The molecule has 0 spiro atoms. The zero-order valence-corrected chi connectivity index (χ0v) is 9.16. The van der Waals surface area contributed by atoms with Crippen LogP contribution in [0.1, 0.15) is 0 Å². The van der Waals surface area contributed by atoms with Crippen LogP contribution in [0.5, 0.6) is 5.88 Å². The van der Waals surface area contributed by atoms with Crippen LogP contribution in [0.3, 0.4) is 0 Å². The Kier molecular flexibility index (Phi) is 3.00. The van der Waals surface area contributed by atoms with E-state index in [1.165, 1.54) is 19.2 Å². The largest absolute Gasteiger partial charge is 0.481 e. The molecular formula is C12H10N2O3. The number of methoxy groups -OCH3 is 1. The fourth-order valence-corrected chi connectivity index (χ4v) is 1.46. The van der Waals surface area contributed by atoms with Crippen molar-refractivity contribution < 1.29 is 9.66 Å². The van der Waals surface area contributed by atoms with Crippen molar-refractivity contribution in [1.82, 2.24) is 4.98 Å². The van der Waals surface area contributed by atoms with Gasteiger partial charge in [0.2, 0.25) is 5.88 Å². The summed E-state index contributed by atoms with van der Waals surface area (Å²) in [6, 6.07) is 12.0. The van der Waals surface area contributed by atoms with Gasteiger partial charge >= 0.3 is 0 Å². The highest BCUT2D eigenvalue weighted by atomic mass is 16.6. The van der Waals surface area contributed by atoms with E-state index in [0.29, 0.717) is 5.69 Å². The van der Waals surface area contributed by atoms with Gasteiger partial charge in [-0.3, -0.25) is 10.1 Å². The molecule has 86 valence electrons. The summed E-state index contributed by atoms with van der Waals surface area (Å²) in [4.78, 5) is 14.5. The van der Waals surface area contributed by atoms with Gasteiger partial charge in [-0.05, 0) is 0 Å². The SMILES string of the molecule is COc1cc([N+](=O)[O-])cc(-c2ccccc2)n1. The van der Waals surface area contributed by atoms with Crippen LogP contribution in [0.4, 0.5) is 5.69 Å². The molecule has 0 saturated heterocycles. The van der Waals surface area contributed by atoms with Crippen molar-refractivity contribution in [2.75, 3.05) is 7.11 Å². The third-order valence-corrected chi connectivity index (χ3v) is 2.28. The van der Waals surface area contributed by atoms with Gasteiger partial charge in [0.15, 0.2) is 0 Å². The van der Waals surface area contributed by atoms with Crippen LogP contribution in [0.2, 0.25) is 0 Å². The molecule has 0 unspecified atom stereocenters. The highest BCUT2D eigenvalue weighted by Gasteiger charge is 2.12. The van der Waals surface area contributed by atoms with Crippen molar-refractivity contribution in [2.45, 2.75) is 0 Å². The summed E-state index contributed by atoms with van der Waals surface area (Å²) in [6.07, 6.45) is 0. The number of hydrogen-bond acceptors (Lipinski definition) is 4. The predicted octanol–water partition coefficient (Wildman–Crippen LogP) is 2.67. The van der Waals surface area contributed by atoms with Crippen LogP contribution in [-0.4, -0.2) is 17.0 Å². The van der Waals surface area contributed by atoms with Gasteiger partial charge in [-0.25, -0.2) is 4.98 Å². The molecule has 0 aliphatic carbocycles. The van der Waals surface area contributed by atoms with Crippen LogP contribution in [0.25, 0.3) is 11.3 Å². The maximum atomic E-state index is 10.8. The minimum atomic E-state index is -0.462. The lowest BCUT2D eigenvalue weighted by Crippen LogP contribution is -1.95. The van der Waals surface area contributed by atoms with E-state index in [1.807, 2.05) is 30.3 Å². The maximum Gasteiger partial charge on any atom is 0.277 e. The van der Waals surface area contributed by atoms with Gasteiger partial charge in [0, 0.05) is 11.6 Å². The molecule has 0 aliphatic rings. The molecule has 0 atom stereocenters. The fraction of sp³-hybridized carbons (Fsp3) is 0.0833. The van der Waals surface area contributed by atoms with E-state index in [0.717, 1.165) is 5.56 Å². The van der Waals surface area contributed by atoms with Crippen molar-refractivity contribution in [3.8, 4) is 17.1 Å². The van der Waals surface area contributed by atoms with Crippen molar-refractivity contribution in [3.63, 3.8) is 0 Å². The van der Waals surface area contributed by atoms with Gasteiger partial charge in [0.05, 0.1) is 23.8 Å². The van der Waals surface area contributed by atoms with E-state index in [9.17, 15) is 10.1 Å².